The zero-order valence-electron chi connectivity index (χ0n) is 16.8. The number of nitrogens with zero attached hydrogens (tertiary/aromatic N) is 3. The Balaban J connectivity index is 1.52. The maximum Gasteiger partial charge on any atom is 0.283 e. The molecule has 11 heteroatoms. The Hall–Kier alpha value is -2.95. The van der Waals surface area contributed by atoms with Crippen LogP contribution in [0.1, 0.15) is 18.1 Å². The van der Waals surface area contributed by atoms with Crippen LogP contribution in [0, 0.1) is 5.41 Å². The van der Waals surface area contributed by atoms with Crippen LogP contribution in [0.25, 0.3) is 6.08 Å². The van der Waals surface area contributed by atoms with Crippen LogP contribution in [-0.4, -0.2) is 41.1 Å². The van der Waals surface area contributed by atoms with Crippen LogP contribution < -0.4 is 4.74 Å². The number of carbonyl (C=O) groups is 1. The summed E-state index contributed by atoms with van der Waals surface area (Å²) in [5.74, 6) is -0.439. The highest BCUT2D eigenvalue weighted by Crippen LogP contribution is 2.30. The maximum absolute atomic E-state index is 12.5. The monoisotopic (exact) mass is 488 g/mol. The quantitative estimate of drug-likeness (QED) is 0.504. The van der Waals surface area contributed by atoms with Gasteiger partial charge in [-0.2, -0.15) is 9.39 Å². The van der Waals surface area contributed by atoms with Crippen molar-refractivity contribution in [2.24, 2.45) is 9.39 Å². The Labute approximate surface area is 194 Å². The molecule has 0 radical (unpaired) electrons. The van der Waals surface area contributed by atoms with Gasteiger partial charge in [0, 0.05) is 5.02 Å². The van der Waals surface area contributed by atoms with Gasteiger partial charge in [0.25, 0.3) is 5.91 Å². The van der Waals surface area contributed by atoms with Gasteiger partial charge in [0.15, 0.2) is 0 Å². The fourth-order valence-electron chi connectivity index (χ4n) is 2.90. The summed E-state index contributed by atoms with van der Waals surface area (Å²) in [5.41, 5.74) is 1.59. The average Bonchev–Trinajstić information content (AvgIpc) is 3.22. The van der Waals surface area contributed by atoms with E-state index in [1.54, 1.807) is 36.4 Å². The number of sulfone groups is 1. The molecule has 164 valence electrons. The van der Waals surface area contributed by atoms with Crippen molar-refractivity contribution in [3.05, 3.63) is 70.3 Å². The Morgan fingerprint density at radius 2 is 1.84 bits per heavy atom. The third-order valence-electron chi connectivity index (χ3n) is 4.66. The van der Waals surface area contributed by atoms with Gasteiger partial charge < -0.3 is 4.74 Å². The molecule has 0 aromatic heterocycles. The molecule has 2 aromatic rings. The van der Waals surface area contributed by atoms with E-state index in [0.29, 0.717) is 22.9 Å². The lowest BCUT2D eigenvalue weighted by molar-refractivity contribution is -0.114. The molecule has 0 bridgehead atoms. The van der Waals surface area contributed by atoms with Gasteiger partial charge in [-0.25, -0.2) is 13.3 Å². The largest absolute Gasteiger partial charge is 0.489 e. The zero-order valence-corrected chi connectivity index (χ0v) is 19.2. The number of hydrogen-bond acceptors (Lipinski definition) is 7. The van der Waals surface area contributed by atoms with Crippen molar-refractivity contribution >= 4 is 61.5 Å². The highest BCUT2D eigenvalue weighted by atomic mass is 35.5. The third-order valence-corrected chi connectivity index (χ3v) is 7.32. The number of halogens is 1. The summed E-state index contributed by atoms with van der Waals surface area (Å²) in [5, 5.41) is 8.86. The van der Waals surface area contributed by atoms with Crippen molar-refractivity contribution < 1.29 is 17.9 Å². The lowest BCUT2D eigenvalue weighted by Crippen LogP contribution is -2.45. The minimum absolute atomic E-state index is 0.0231. The highest BCUT2D eigenvalue weighted by molar-refractivity contribution is 8.16. The lowest BCUT2D eigenvalue weighted by atomic mass is 10.1. The molecule has 2 aliphatic rings. The van der Waals surface area contributed by atoms with E-state index in [-0.39, 0.29) is 27.5 Å². The number of nitrogens with one attached hydrogen (secondary N) is 1. The van der Waals surface area contributed by atoms with E-state index in [9.17, 15) is 13.2 Å². The molecule has 0 fully saturated rings. The number of carbonyl (C=O) groups excluding carboxylic acids is 1. The van der Waals surface area contributed by atoms with Gasteiger partial charge in [-0.1, -0.05) is 42.8 Å². The normalized spacial score (nSPS) is 17.3. The molecule has 32 heavy (non-hydrogen) atoms. The predicted molar refractivity (Wildman–Crippen MR) is 127 cm³/mol. The standard InChI is InChI=1S/C21H17ClN4O4S2/c1-2-32(28,29)21-25-31-20-24-19(27)17(18(23)26(20)21)11-13-5-9-16(10-6-13)30-12-14-3-7-15(22)8-4-14/h3-11,23H,2,12H2,1H3/b17-11-,23-18?. The van der Waals surface area contributed by atoms with E-state index in [2.05, 4.69) is 9.39 Å². The third kappa shape index (κ3) is 4.47. The van der Waals surface area contributed by atoms with Crippen molar-refractivity contribution in [2.45, 2.75) is 13.5 Å². The van der Waals surface area contributed by atoms with Crippen molar-refractivity contribution in [3.8, 4) is 5.75 Å². The summed E-state index contributed by atoms with van der Waals surface area (Å²) >= 11 is 6.65. The van der Waals surface area contributed by atoms with Gasteiger partial charge in [0.05, 0.1) is 23.3 Å². The fourth-order valence-corrected chi connectivity index (χ4v) is 4.99. The molecular weight excluding hydrogens is 472 g/mol. The molecule has 1 N–H and O–H groups in total. The van der Waals surface area contributed by atoms with E-state index in [1.165, 1.54) is 13.0 Å². The zero-order chi connectivity index (χ0) is 22.9. The molecule has 0 aliphatic carbocycles. The van der Waals surface area contributed by atoms with Gasteiger partial charge >= 0.3 is 0 Å². The number of benzene rings is 2. The van der Waals surface area contributed by atoms with Crippen molar-refractivity contribution in [1.29, 1.82) is 5.41 Å². The first-order valence-electron chi connectivity index (χ1n) is 9.47. The number of rotatable bonds is 5. The molecule has 0 saturated carbocycles. The van der Waals surface area contributed by atoms with E-state index in [0.717, 1.165) is 22.4 Å². The topological polar surface area (TPSA) is 112 Å². The van der Waals surface area contributed by atoms with Crippen LogP contribution >= 0.6 is 23.5 Å². The number of aliphatic imine (C=N–C) groups is 1. The number of amidine groups is 3. The Kier molecular flexibility index (Phi) is 6.18. The summed E-state index contributed by atoms with van der Waals surface area (Å²) in [6.45, 7) is 1.86. The number of hydrogen-bond donors (Lipinski definition) is 1. The van der Waals surface area contributed by atoms with Crippen LogP contribution in [0.2, 0.25) is 5.02 Å². The fraction of sp³-hybridized carbons (Fsp3) is 0.143. The summed E-state index contributed by atoms with van der Waals surface area (Å²) in [6.07, 6.45) is 1.49. The Bertz CT molecular complexity index is 1280. The van der Waals surface area contributed by atoms with Crippen LogP contribution in [-0.2, 0) is 21.2 Å². The first-order valence-corrected chi connectivity index (χ1v) is 12.3. The minimum atomic E-state index is -3.68. The molecule has 1 amide bonds. The Morgan fingerprint density at radius 1 is 1.16 bits per heavy atom. The van der Waals surface area contributed by atoms with Gasteiger partial charge in [-0.15, -0.1) is 0 Å². The molecule has 2 heterocycles. The van der Waals surface area contributed by atoms with E-state index >= 15 is 0 Å². The maximum atomic E-state index is 12.5. The first-order chi connectivity index (χ1) is 15.3. The van der Waals surface area contributed by atoms with Crippen LogP contribution in [0.15, 0.2) is 63.5 Å². The van der Waals surface area contributed by atoms with Crippen molar-refractivity contribution in [1.82, 2.24) is 4.90 Å². The summed E-state index contributed by atoms with van der Waals surface area (Å²) in [7, 11) is -3.68. The van der Waals surface area contributed by atoms with E-state index < -0.39 is 15.7 Å². The summed E-state index contributed by atoms with van der Waals surface area (Å²) < 4.78 is 34.3. The molecule has 0 saturated heterocycles. The SMILES string of the molecule is CCS(=O)(=O)C1=NSC2=NC(=O)/C(=C\c3ccc(OCc4ccc(Cl)cc4)cc3)C(=N)N21. The number of fused-ring (bicyclic) bond motifs is 1. The second-order valence-corrected chi connectivity index (χ2v) is 10.1. The number of ether oxygens (including phenoxy) is 1. The molecule has 8 nitrogen and oxygen atoms in total. The highest BCUT2D eigenvalue weighted by Gasteiger charge is 2.42. The van der Waals surface area contributed by atoms with Crippen molar-refractivity contribution in [2.75, 3.05) is 5.75 Å². The molecular formula is C21H17ClN4O4S2. The average molecular weight is 489 g/mol. The molecule has 0 spiro atoms. The van der Waals surface area contributed by atoms with Crippen LogP contribution in [0.3, 0.4) is 0 Å². The van der Waals surface area contributed by atoms with E-state index in [1.807, 2.05) is 12.1 Å². The predicted octanol–water partition coefficient (Wildman–Crippen LogP) is 3.93. The second-order valence-electron chi connectivity index (χ2n) is 6.79. The molecule has 0 atom stereocenters. The molecule has 0 unspecified atom stereocenters. The summed E-state index contributed by atoms with van der Waals surface area (Å²) in [6, 6.07) is 14.3. The molecule has 2 aliphatic heterocycles. The van der Waals surface area contributed by atoms with Crippen LogP contribution in [0.4, 0.5) is 0 Å². The van der Waals surface area contributed by atoms with Gasteiger partial charge in [0.2, 0.25) is 20.2 Å². The smallest absolute Gasteiger partial charge is 0.283 e. The molecule has 2 aromatic carbocycles. The second kappa shape index (κ2) is 8.89. The minimum Gasteiger partial charge on any atom is -0.489 e. The van der Waals surface area contributed by atoms with Gasteiger partial charge in [0.1, 0.15) is 18.2 Å². The molecule has 4 rings (SSSR count). The first kappa shape index (κ1) is 22.3. The summed E-state index contributed by atoms with van der Waals surface area (Å²) in [4.78, 5) is 17.5. The van der Waals surface area contributed by atoms with Gasteiger partial charge in [-0.3, -0.25) is 10.2 Å². The van der Waals surface area contributed by atoms with E-state index in [4.69, 9.17) is 21.7 Å². The van der Waals surface area contributed by atoms with Crippen molar-refractivity contribution in [3.63, 3.8) is 0 Å². The van der Waals surface area contributed by atoms with Gasteiger partial charge in [-0.05, 0) is 41.5 Å². The Morgan fingerprint density at radius 3 is 2.50 bits per heavy atom. The van der Waals surface area contributed by atoms with Crippen LogP contribution in [0.5, 0.6) is 5.75 Å². The number of amides is 1. The lowest BCUT2D eigenvalue weighted by Gasteiger charge is -2.24.